The fourth-order valence-corrected chi connectivity index (χ4v) is 1.14. The van der Waals surface area contributed by atoms with E-state index in [2.05, 4.69) is 11.4 Å². The van der Waals surface area contributed by atoms with Gasteiger partial charge in [0.15, 0.2) is 0 Å². The van der Waals surface area contributed by atoms with Crippen molar-refractivity contribution in [3.8, 4) is 5.75 Å². The highest BCUT2D eigenvalue weighted by Crippen LogP contribution is 2.26. The van der Waals surface area contributed by atoms with Gasteiger partial charge in [0.25, 0.3) is 0 Å². The van der Waals surface area contributed by atoms with E-state index in [9.17, 15) is 0 Å². The smallest absolute Gasteiger partial charge is 0.144 e. The Morgan fingerprint density at radius 1 is 1.64 bits per heavy atom. The molecule has 0 aliphatic carbocycles. The summed E-state index contributed by atoms with van der Waals surface area (Å²) in [5, 5.41) is 3.05. The third-order valence-corrected chi connectivity index (χ3v) is 1.68. The Morgan fingerprint density at radius 3 is 3.45 bits per heavy atom. The molecule has 1 heterocycles. The van der Waals surface area contributed by atoms with Crippen LogP contribution in [0, 0.1) is 6.07 Å². The second-order valence-electron chi connectivity index (χ2n) is 2.26. The number of ether oxygens (including phenoxy) is 1. The van der Waals surface area contributed by atoms with Crippen LogP contribution in [0.1, 0.15) is 0 Å². The van der Waals surface area contributed by atoms with Crippen LogP contribution in [-0.4, -0.2) is 11.6 Å². The first-order valence-corrected chi connectivity index (χ1v) is 3.70. The molecule has 0 spiro atoms. The Hall–Kier alpha value is -1.09. The number of benzene rings is 1. The van der Waals surface area contributed by atoms with Crippen LogP contribution in [0.2, 0.25) is 0 Å². The largest absolute Gasteiger partial charge is 0.484 e. The molecule has 0 saturated heterocycles. The molecule has 0 unspecified atom stereocenters. The highest BCUT2D eigenvalue weighted by molar-refractivity contribution is 7.80. The molecule has 0 atom stereocenters. The van der Waals surface area contributed by atoms with Crippen molar-refractivity contribution in [2.75, 3.05) is 11.9 Å². The van der Waals surface area contributed by atoms with Crippen LogP contribution in [0.4, 0.5) is 5.69 Å². The van der Waals surface area contributed by atoms with E-state index in [4.69, 9.17) is 17.0 Å². The molecule has 1 aromatic carbocycles. The molecule has 2 nitrogen and oxygen atoms in total. The highest BCUT2D eigenvalue weighted by atomic mass is 32.1. The quantitative estimate of drug-likeness (QED) is 0.589. The van der Waals surface area contributed by atoms with Crippen molar-refractivity contribution in [2.45, 2.75) is 0 Å². The number of nitrogens with one attached hydrogen (secondary N) is 1. The predicted molar refractivity (Wildman–Crippen MR) is 47.0 cm³/mol. The van der Waals surface area contributed by atoms with E-state index in [1.807, 2.05) is 12.1 Å². The zero-order valence-corrected chi connectivity index (χ0v) is 6.57. The minimum atomic E-state index is 0.472. The highest BCUT2D eigenvalue weighted by Gasteiger charge is 2.10. The average Bonchev–Trinajstić information content (AvgIpc) is 2.04. The zero-order chi connectivity index (χ0) is 7.68. The van der Waals surface area contributed by atoms with Crippen LogP contribution in [0.5, 0.6) is 5.75 Å². The van der Waals surface area contributed by atoms with E-state index in [-0.39, 0.29) is 0 Å². The topological polar surface area (TPSA) is 21.3 Å². The molecule has 1 aromatic rings. The minimum absolute atomic E-state index is 0.472. The summed E-state index contributed by atoms with van der Waals surface area (Å²) in [4.78, 5) is 0.726. The first kappa shape index (κ1) is 6.61. The lowest BCUT2D eigenvalue weighted by Crippen LogP contribution is -2.23. The Bertz CT molecular complexity index is 298. The fourth-order valence-electron chi connectivity index (χ4n) is 0.967. The summed E-state index contributed by atoms with van der Waals surface area (Å²) in [6, 6.07) is 8.44. The van der Waals surface area contributed by atoms with E-state index in [1.165, 1.54) is 0 Å². The van der Waals surface area contributed by atoms with Crippen molar-refractivity contribution in [3.05, 3.63) is 24.3 Å². The summed E-state index contributed by atoms with van der Waals surface area (Å²) in [5.41, 5.74) is 0.931. The number of hydrogen-bond acceptors (Lipinski definition) is 2. The van der Waals surface area contributed by atoms with Crippen molar-refractivity contribution in [1.82, 2.24) is 0 Å². The molecule has 2 rings (SSSR count). The summed E-state index contributed by atoms with van der Waals surface area (Å²) in [5.74, 6) is 0.820. The van der Waals surface area contributed by atoms with Gasteiger partial charge >= 0.3 is 0 Å². The number of hydrogen-bond donors (Lipinski definition) is 1. The van der Waals surface area contributed by atoms with Gasteiger partial charge in [-0.05, 0) is 18.2 Å². The van der Waals surface area contributed by atoms with Crippen LogP contribution in [0.15, 0.2) is 18.2 Å². The maximum Gasteiger partial charge on any atom is 0.144 e. The number of anilines is 1. The molecule has 0 bridgehead atoms. The van der Waals surface area contributed by atoms with Crippen molar-refractivity contribution in [1.29, 1.82) is 0 Å². The number of thiocarbonyl (C=S) groups is 1. The van der Waals surface area contributed by atoms with Gasteiger partial charge in [-0.25, -0.2) is 0 Å². The van der Waals surface area contributed by atoms with Gasteiger partial charge in [0.2, 0.25) is 0 Å². The van der Waals surface area contributed by atoms with Crippen molar-refractivity contribution in [3.63, 3.8) is 0 Å². The van der Waals surface area contributed by atoms with Gasteiger partial charge < -0.3 is 10.1 Å². The fraction of sp³-hybridized carbons (Fsp3) is 0.125. The third kappa shape index (κ3) is 1.19. The van der Waals surface area contributed by atoms with Gasteiger partial charge in [-0.1, -0.05) is 18.3 Å². The molecule has 0 saturated carbocycles. The summed E-state index contributed by atoms with van der Waals surface area (Å²) in [7, 11) is 0. The van der Waals surface area contributed by atoms with Gasteiger partial charge in [-0.15, -0.1) is 0 Å². The second kappa shape index (κ2) is 2.51. The third-order valence-electron chi connectivity index (χ3n) is 1.46. The lowest BCUT2D eigenvalue weighted by Gasteiger charge is -2.18. The summed E-state index contributed by atoms with van der Waals surface area (Å²) >= 11 is 4.94. The van der Waals surface area contributed by atoms with E-state index in [1.54, 1.807) is 6.07 Å². The predicted octanol–water partition coefficient (Wildman–Crippen LogP) is 1.62. The number of rotatable bonds is 0. The normalized spacial score (nSPS) is 14.7. The molecule has 1 N–H and O–H groups in total. The SMILES string of the molecule is S=C1COc2c[c]ccc2N1. The van der Waals surface area contributed by atoms with Gasteiger partial charge in [0, 0.05) is 0 Å². The first-order valence-electron chi connectivity index (χ1n) is 3.29. The zero-order valence-electron chi connectivity index (χ0n) is 5.76. The van der Waals surface area contributed by atoms with Crippen LogP contribution >= 0.6 is 12.2 Å². The molecule has 1 aliphatic rings. The van der Waals surface area contributed by atoms with Crippen LogP contribution in [0.25, 0.3) is 0 Å². The summed E-state index contributed by atoms with van der Waals surface area (Å²) < 4.78 is 5.30. The standard InChI is InChI=1S/C8H6NOS/c11-8-5-10-7-4-2-1-3-6(7)9-8/h1,3-4H,5H2,(H,9,11). The van der Waals surface area contributed by atoms with E-state index < -0.39 is 0 Å². The van der Waals surface area contributed by atoms with Gasteiger partial charge in [0.1, 0.15) is 17.3 Å². The van der Waals surface area contributed by atoms with Crippen LogP contribution in [0.3, 0.4) is 0 Å². The van der Waals surface area contributed by atoms with E-state index >= 15 is 0 Å². The average molecular weight is 164 g/mol. The lowest BCUT2D eigenvalue weighted by atomic mass is 10.2. The van der Waals surface area contributed by atoms with Crippen LogP contribution < -0.4 is 10.1 Å². The van der Waals surface area contributed by atoms with Gasteiger partial charge in [0.05, 0.1) is 5.69 Å². The maximum absolute atomic E-state index is 5.30. The molecular weight excluding hydrogens is 158 g/mol. The van der Waals surface area contributed by atoms with Crippen molar-refractivity contribution >= 4 is 22.9 Å². The summed E-state index contributed by atoms with van der Waals surface area (Å²) in [6.45, 7) is 0.472. The van der Waals surface area contributed by atoms with Gasteiger partial charge in [-0.3, -0.25) is 0 Å². The maximum atomic E-state index is 5.30. The molecule has 0 amide bonds. The molecule has 1 aliphatic heterocycles. The molecule has 0 aromatic heterocycles. The monoisotopic (exact) mass is 164 g/mol. The van der Waals surface area contributed by atoms with Gasteiger partial charge in [-0.2, -0.15) is 0 Å². The van der Waals surface area contributed by atoms with Crippen molar-refractivity contribution < 1.29 is 4.74 Å². The Kier molecular flexibility index (Phi) is 1.51. The lowest BCUT2D eigenvalue weighted by molar-refractivity contribution is 0.375. The molecule has 55 valence electrons. The Labute approximate surface area is 70.2 Å². The molecule has 11 heavy (non-hydrogen) atoms. The van der Waals surface area contributed by atoms with E-state index in [0.29, 0.717) is 6.61 Å². The molecule has 0 fully saturated rings. The first-order chi connectivity index (χ1) is 5.36. The Balaban J connectivity index is 2.41. The van der Waals surface area contributed by atoms with Crippen LogP contribution in [-0.2, 0) is 0 Å². The number of fused-ring (bicyclic) bond motifs is 1. The minimum Gasteiger partial charge on any atom is -0.484 e. The molecule has 3 heteroatoms. The van der Waals surface area contributed by atoms with E-state index in [0.717, 1.165) is 16.4 Å². The Morgan fingerprint density at radius 2 is 2.55 bits per heavy atom. The molecule has 1 radical (unpaired) electrons. The molecular formula is C8H6NOS. The van der Waals surface area contributed by atoms with Crippen molar-refractivity contribution in [2.24, 2.45) is 0 Å². The second-order valence-corrected chi connectivity index (χ2v) is 2.75. The summed E-state index contributed by atoms with van der Waals surface area (Å²) in [6.07, 6.45) is 0.